The molecule has 6 nitrogen and oxygen atoms in total. The summed E-state index contributed by atoms with van der Waals surface area (Å²) in [5.74, 6) is -0.461. The largest absolute Gasteiger partial charge is 0.337 e. The summed E-state index contributed by atoms with van der Waals surface area (Å²) in [5.41, 5.74) is 1.81. The number of ketones is 1. The lowest BCUT2D eigenvalue weighted by molar-refractivity contribution is 0.0758. The van der Waals surface area contributed by atoms with Gasteiger partial charge in [0.2, 0.25) is 0 Å². The Balaban J connectivity index is 1.45. The second-order valence-electron chi connectivity index (χ2n) is 7.95. The number of urea groups is 1. The minimum absolute atomic E-state index is 0.224. The molecule has 0 atom stereocenters. The first kappa shape index (κ1) is 23.8. The predicted molar refractivity (Wildman–Crippen MR) is 134 cm³/mol. The first-order valence-electron chi connectivity index (χ1n) is 10.9. The Labute approximate surface area is 208 Å². The molecule has 0 saturated carbocycles. The minimum Gasteiger partial charge on any atom is -0.337 e. The zero-order chi connectivity index (χ0) is 24.1. The van der Waals surface area contributed by atoms with Gasteiger partial charge in [0.1, 0.15) is 0 Å². The molecule has 1 saturated heterocycles. The monoisotopic (exact) mass is 495 g/mol. The first-order chi connectivity index (χ1) is 16.4. The number of halogens is 2. The van der Waals surface area contributed by atoms with E-state index in [4.69, 9.17) is 23.2 Å². The number of hydrogen-bond donors (Lipinski definition) is 1. The lowest BCUT2D eigenvalue weighted by Crippen LogP contribution is -2.39. The Hall–Kier alpha value is -3.35. The summed E-state index contributed by atoms with van der Waals surface area (Å²) < 4.78 is 0. The van der Waals surface area contributed by atoms with E-state index in [1.165, 1.54) is 0 Å². The fourth-order valence-electron chi connectivity index (χ4n) is 3.85. The van der Waals surface area contributed by atoms with Crippen molar-refractivity contribution in [2.24, 2.45) is 0 Å². The minimum atomic E-state index is -0.237. The molecule has 1 N–H and O–H groups in total. The molecule has 1 aliphatic heterocycles. The van der Waals surface area contributed by atoms with Crippen LogP contribution in [0.4, 0.5) is 10.5 Å². The molecule has 0 aromatic heterocycles. The normalized spacial score (nSPS) is 13.8. The lowest BCUT2D eigenvalue weighted by atomic mass is 9.97. The van der Waals surface area contributed by atoms with E-state index in [2.05, 4.69) is 5.32 Å². The molecule has 0 spiro atoms. The van der Waals surface area contributed by atoms with E-state index in [1.54, 1.807) is 82.6 Å². The van der Waals surface area contributed by atoms with E-state index in [0.29, 0.717) is 65.0 Å². The van der Waals surface area contributed by atoms with Crippen LogP contribution in [-0.2, 0) is 0 Å². The van der Waals surface area contributed by atoms with Gasteiger partial charge in [0.05, 0.1) is 5.56 Å². The van der Waals surface area contributed by atoms with Crippen molar-refractivity contribution >= 4 is 46.6 Å². The number of amides is 3. The highest BCUT2D eigenvalue weighted by Gasteiger charge is 2.26. The van der Waals surface area contributed by atoms with Gasteiger partial charge in [0, 0.05) is 53.0 Å². The molecule has 8 heteroatoms. The summed E-state index contributed by atoms with van der Waals surface area (Å²) in [6.45, 7) is 1.77. The van der Waals surface area contributed by atoms with Crippen molar-refractivity contribution in [1.82, 2.24) is 9.80 Å². The van der Waals surface area contributed by atoms with Crippen LogP contribution in [0.3, 0.4) is 0 Å². The van der Waals surface area contributed by atoms with Gasteiger partial charge in [-0.2, -0.15) is 0 Å². The average Bonchev–Trinajstić information content (AvgIpc) is 3.11. The summed E-state index contributed by atoms with van der Waals surface area (Å²) in [4.78, 5) is 42.6. The van der Waals surface area contributed by atoms with Crippen LogP contribution in [-0.4, -0.2) is 53.7 Å². The van der Waals surface area contributed by atoms with Crippen molar-refractivity contribution in [1.29, 1.82) is 0 Å². The lowest BCUT2D eigenvalue weighted by Gasteiger charge is -2.23. The van der Waals surface area contributed by atoms with Crippen molar-refractivity contribution < 1.29 is 14.4 Å². The van der Waals surface area contributed by atoms with Crippen molar-refractivity contribution in [3.63, 3.8) is 0 Å². The van der Waals surface area contributed by atoms with Gasteiger partial charge >= 0.3 is 6.03 Å². The second kappa shape index (κ2) is 10.7. The third kappa shape index (κ3) is 5.58. The van der Waals surface area contributed by atoms with E-state index < -0.39 is 0 Å². The number of hydrogen-bond acceptors (Lipinski definition) is 3. The summed E-state index contributed by atoms with van der Waals surface area (Å²) >= 11 is 11.8. The van der Waals surface area contributed by atoms with E-state index in [9.17, 15) is 14.4 Å². The zero-order valence-corrected chi connectivity index (χ0v) is 19.9. The molecule has 0 radical (unpaired) electrons. The smallest absolute Gasteiger partial charge is 0.321 e. The van der Waals surface area contributed by atoms with Crippen molar-refractivity contribution in [3.05, 3.63) is 99.5 Å². The van der Waals surface area contributed by atoms with Crippen molar-refractivity contribution in [3.8, 4) is 0 Å². The molecule has 1 fully saturated rings. The number of carbonyl (C=O) groups excluding carboxylic acids is 3. The van der Waals surface area contributed by atoms with Crippen LogP contribution in [0.2, 0.25) is 10.0 Å². The highest BCUT2D eigenvalue weighted by Crippen LogP contribution is 2.20. The molecule has 34 heavy (non-hydrogen) atoms. The molecule has 0 bridgehead atoms. The number of rotatable bonds is 4. The Morgan fingerprint density at radius 1 is 0.676 bits per heavy atom. The molecule has 0 unspecified atom stereocenters. The number of benzene rings is 3. The van der Waals surface area contributed by atoms with Crippen molar-refractivity contribution in [2.45, 2.75) is 6.42 Å². The molecule has 4 rings (SSSR count). The van der Waals surface area contributed by atoms with Crippen LogP contribution in [0, 0.1) is 0 Å². The van der Waals surface area contributed by atoms with Crippen LogP contribution < -0.4 is 5.32 Å². The van der Waals surface area contributed by atoms with E-state index in [1.807, 2.05) is 0 Å². The number of anilines is 1. The molecule has 3 aromatic rings. The molecule has 174 valence electrons. The Morgan fingerprint density at radius 3 is 1.91 bits per heavy atom. The summed E-state index contributed by atoms with van der Waals surface area (Å²) in [7, 11) is 0. The molecule has 1 aliphatic rings. The van der Waals surface area contributed by atoms with Crippen LogP contribution in [0.15, 0.2) is 72.8 Å². The molecule has 1 heterocycles. The predicted octanol–water partition coefficient (Wildman–Crippen LogP) is 5.60. The molecule has 0 aliphatic carbocycles. The summed E-state index contributed by atoms with van der Waals surface area (Å²) in [5, 5.41) is 3.99. The van der Waals surface area contributed by atoms with Gasteiger partial charge in [0.25, 0.3) is 5.91 Å². The van der Waals surface area contributed by atoms with Crippen molar-refractivity contribution in [2.75, 3.05) is 31.5 Å². The first-order valence-corrected chi connectivity index (χ1v) is 11.7. The molecular formula is C26H23Cl2N3O3. The molecular weight excluding hydrogens is 473 g/mol. The second-order valence-corrected chi connectivity index (χ2v) is 8.82. The van der Waals surface area contributed by atoms with Crippen LogP contribution in [0.5, 0.6) is 0 Å². The standard InChI is InChI=1S/C26H23Cl2N3O3/c27-19-8-6-18(7-9-19)24(32)22-4-1-2-5-23(22)25(33)30-14-3-15-31(17-16-30)26(34)29-21-12-10-20(28)11-13-21/h1-2,4-13H,3,14-17H2,(H,29,34). The Bertz CT molecular complexity index is 1200. The number of nitrogens with zero attached hydrogens (tertiary/aromatic N) is 2. The third-order valence-corrected chi connectivity index (χ3v) is 6.18. The van der Waals surface area contributed by atoms with Gasteiger partial charge < -0.3 is 15.1 Å². The maximum absolute atomic E-state index is 13.4. The Morgan fingerprint density at radius 2 is 1.24 bits per heavy atom. The van der Waals surface area contributed by atoms with Crippen LogP contribution >= 0.6 is 23.2 Å². The van der Waals surface area contributed by atoms with Crippen LogP contribution in [0.1, 0.15) is 32.7 Å². The molecule has 3 amide bonds. The number of carbonyl (C=O) groups is 3. The maximum Gasteiger partial charge on any atom is 0.321 e. The molecule has 3 aromatic carbocycles. The number of nitrogens with one attached hydrogen (secondary N) is 1. The third-order valence-electron chi connectivity index (χ3n) is 5.67. The van der Waals surface area contributed by atoms with Gasteiger partial charge in [-0.25, -0.2) is 4.79 Å². The average molecular weight is 496 g/mol. The van der Waals surface area contributed by atoms with E-state index in [0.717, 1.165) is 0 Å². The van der Waals surface area contributed by atoms with Gasteiger partial charge in [-0.3, -0.25) is 9.59 Å². The quantitative estimate of drug-likeness (QED) is 0.478. The summed E-state index contributed by atoms with van der Waals surface area (Å²) in [6.07, 6.45) is 0.632. The fourth-order valence-corrected chi connectivity index (χ4v) is 4.11. The fraction of sp³-hybridized carbons (Fsp3) is 0.192. The van der Waals surface area contributed by atoms with E-state index in [-0.39, 0.29) is 17.7 Å². The summed E-state index contributed by atoms with van der Waals surface area (Å²) in [6, 6.07) is 20.1. The SMILES string of the molecule is O=C(c1ccc(Cl)cc1)c1ccccc1C(=O)N1CCCN(C(=O)Nc2ccc(Cl)cc2)CC1. The van der Waals surface area contributed by atoms with Gasteiger partial charge in [-0.1, -0.05) is 41.4 Å². The Kier molecular flexibility index (Phi) is 7.50. The topological polar surface area (TPSA) is 69.7 Å². The maximum atomic E-state index is 13.4. The highest BCUT2D eigenvalue weighted by atomic mass is 35.5. The van der Waals surface area contributed by atoms with E-state index >= 15 is 0 Å². The zero-order valence-electron chi connectivity index (χ0n) is 18.3. The highest BCUT2D eigenvalue weighted by molar-refractivity contribution is 6.31. The van der Waals surface area contributed by atoms with Crippen LogP contribution in [0.25, 0.3) is 0 Å². The van der Waals surface area contributed by atoms with Gasteiger partial charge in [-0.05, 0) is 61.0 Å². The van der Waals surface area contributed by atoms with Gasteiger partial charge in [-0.15, -0.1) is 0 Å². The van der Waals surface area contributed by atoms with Gasteiger partial charge in [0.15, 0.2) is 5.78 Å².